The van der Waals surface area contributed by atoms with Crippen molar-refractivity contribution in [3.63, 3.8) is 0 Å². The summed E-state index contributed by atoms with van der Waals surface area (Å²) in [4.78, 5) is 24.8. The molecule has 5 heteroatoms. The summed E-state index contributed by atoms with van der Waals surface area (Å²) in [5.41, 5.74) is 0. The molecule has 2 atom stereocenters. The van der Waals surface area contributed by atoms with Gasteiger partial charge in [0.2, 0.25) is 11.8 Å². The molecule has 4 nitrogen and oxygen atoms in total. The highest BCUT2D eigenvalue weighted by molar-refractivity contribution is 7.98. The van der Waals surface area contributed by atoms with E-state index >= 15 is 0 Å². The van der Waals surface area contributed by atoms with Gasteiger partial charge in [-0.2, -0.15) is 11.8 Å². The fourth-order valence-corrected chi connectivity index (χ4v) is 2.51. The van der Waals surface area contributed by atoms with Gasteiger partial charge in [-0.15, -0.1) is 0 Å². The molecule has 1 rings (SSSR count). The quantitative estimate of drug-likeness (QED) is 0.704. The SMILES string of the molecule is CCCN1C(=O)CC(NC(C)CSC)C1=O. The Morgan fingerprint density at radius 1 is 1.56 bits per heavy atom. The van der Waals surface area contributed by atoms with Crippen LogP contribution < -0.4 is 5.32 Å². The number of hydrogen-bond donors (Lipinski definition) is 1. The topological polar surface area (TPSA) is 49.4 Å². The molecule has 0 aromatic rings. The molecule has 1 heterocycles. The van der Waals surface area contributed by atoms with Gasteiger partial charge in [-0.1, -0.05) is 6.92 Å². The lowest BCUT2D eigenvalue weighted by atomic mass is 10.2. The molecule has 1 N–H and O–H groups in total. The average molecular weight is 244 g/mol. The number of carbonyl (C=O) groups is 2. The zero-order valence-corrected chi connectivity index (χ0v) is 11.0. The summed E-state index contributed by atoms with van der Waals surface area (Å²) >= 11 is 1.73. The number of hydrogen-bond acceptors (Lipinski definition) is 4. The molecule has 1 fully saturated rings. The van der Waals surface area contributed by atoms with Crippen molar-refractivity contribution in [2.75, 3.05) is 18.6 Å². The molecule has 92 valence electrons. The third-order valence-electron chi connectivity index (χ3n) is 2.59. The lowest BCUT2D eigenvalue weighted by molar-refractivity contribution is -0.138. The summed E-state index contributed by atoms with van der Waals surface area (Å²) in [5, 5.41) is 3.22. The van der Waals surface area contributed by atoms with Crippen LogP contribution in [0.5, 0.6) is 0 Å². The van der Waals surface area contributed by atoms with Gasteiger partial charge in [-0.25, -0.2) is 0 Å². The zero-order valence-electron chi connectivity index (χ0n) is 10.2. The molecule has 0 aromatic heterocycles. The van der Waals surface area contributed by atoms with Crippen LogP contribution in [0.15, 0.2) is 0 Å². The van der Waals surface area contributed by atoms with Crippen molar-refractivity contribution < 1.29 is 9.59 Å². The molecule has 0 saturated carbocycles. The summed E-state index contributed by atoms with van der Waals surface area (Å²) in [6.07, 6.45) is 3.17. The van der Waals surface area contributed by atoms with Gasteiger partial charge in [-0.05, 0) is 19.6 Å². The fraction of sp³-hybridized carbons (Fsp3) is 0.818. The van der Waals surface area contributed by atoms with Gasteiger partial charge < -0.3 is 5.32 Å². The van der Waals surface area contributed by atoms with Crippen LogP contribution >= 0.6 is 11.8 Å². The van der Waals surface area contributed by atoms with Gasteiger partial charge in [0.1, 0.15) is 0 Å². The number of thioether (sulfide) groups is 1. The van der Waals surface area contributed by atoms with E-state index in [1.807, 2.05) is 20.1 Å². The van der Waals surface area contributed by atoms with Crippen molar-refractivity contribution in [2.45, 2.75) is 38.8 Å². The minimum atomic E-state index is -0.304. The highest BCUT2D eigenvalue weighted by Gasteiger charge is 2.38. The Bertz CT molecular complexity index is 271. The van der Waals surface area contributed by atoms with E-state index in [1.54, 1.807) is 11.8 Å². The second kappa shape index (κ2) is 6.25. The molecule has 2 unspecified atom stereocenters. The first-order valence-corrected chi connectivity index (χ1v) is 7.08. The maximum Gasteiger partial charge on any atom is 0.246 e. The molecule has 0 spiro atoms. The maximum atomic E-state index is 11.9. The minimum absolute atomic E-state index is 0.0410. The highest BCUT2D eigenvalue weighted by Crippen LogP contribution is 2.14. The van der Waals surface area contributed by atoms with Crippen LogP contribution in [0.25, 0.3) is 0 Å². The largest absolute Gasteiger partial charge is 0.302 e. The first kappa shape index (κ1) is 13.5. The second-order valence-corrected chi connectivity index (χ2v) is 5.07. The van der Waals surface area contributed by atoms with Crippen molar-refractivity contribution in [1.29, 1.82) is 0 Å². The van der Waals surface area contributed by atoms with Crippen molar-refractivity contribution in [1.82, 2.24) is 10.2 Å². The summed E-state index contributed by atoms with van der Waals surface area (Å²) in [6.45, 7) is 4.56. The van der Waals surface area contributed by atoms with Crippen LogP contribution in [0.1, 0.15) is 26.7 Å². The minimum Gasteiger partial charge on any atom is -0.302 e. The fourth-order valence-electron chi connectivity index (χ4n) is 1.91. The number of amides is 2. The van der Waals surface area contributed by atoms with Crippen molar-refractivity contribution in [2.24, 2.45) is 0 Å². The Morgan fingerprint density at radius 3 is 2.81 bits per heavy atom. The Balaban J connectivity index is 2.51. The number of likely N-dealkylation sites (tertiary alicyclic amines) is 1. The standard InChI is InChI=1S/C11H20N2O2S/c1-4-5-13-10(14)6-9(11(13)15)12-8(2)7-16-3/h8-9,12H,4-7H2,1-3H3. The molecular formula is C11H20N2O2S. The Morgan fingerprint density at radius 2 is 2.25 bits per heavy atom. The van der Waals surface area contributed by atoms with Crippen molar-refractivity contribution in [3.8, 4) is 0 Å². The van der Waals surface area contributed by atoms with E-state index in [0.29, 0.717) is 13.0 Å². The van der Waals surface area contributed by atoms with Gasteiger partial charge in [0, 0.05) is 18.3 Å². The Hall–Kier alpha value is -0.550. The van der Waals surface area contributed by atoms with E-state index in [9.17, 15) is 9.59 Å². The van der Waals surface area contributed by atoms with E-state index in [0.717, 1.165) is 12.2 Å². The molecule has 1 aliphatic heterocycles. The second-order valence-electron chi connectivity index (χ2n) is 4.16. The zero-order chi connectivity index (χ0) is 12.1. The molecule has 0 bridgehead atoms. The van der Waals surface area contributed by atoms with E-state index < -0.39 is 0 Å². The molecule has 0 radical (unpaired) electrons. The average Bonchev–Trinajstić information content (AvgIpc) is 2.47. The Kier molecular flexibility index (Phi) is 5.28. The van der Waals surface area contributed by atoms with Crippen LogP contribution in [0.2, 0.25) is 0 Å². The number of rotatable bonds is 6. The van der Waals surface area contributed by atoms with E-state index in [-0.39, 0.29) is 23.9 Å². The van der Waals surface area contributed by atoms with E-state index in [2.05, 4.69) is 5.32 Å². The number of carbonyl (C=O) groups excluding carboxylic acids is 2. The summed E-state index contributed by atoms with van der Waals surface area (Å²) < 4.78 is 0. The van der Waals surface area contributed by atoms with Crippen LogP contribution in [-0.4, -0.2) is 47.4 Å². The molecule has 16 heavy (non-hydrogen) atoms. The van der Waals surface area contributed by atoms with E-state index in [4.69, 9.17) is 0 Å². The van der Waals surface area contributed by atoms with Gasteiger partial charge in [0.25, 0.3) is 0 Å². The molecule has 1 aliphatic rings. The number of nitrogens with one attached hydrogen (secondary N) is 1. The summed E-state index contributed by atoms with van der Waals surface area (Å²) in [5.74, 6) is 0.853. The van der Waals surface area contributed by atoms with Crippen LogP contribution in [0.3, 0.4) is 0 Å². The predicted molar refractivity (Wildman–Crippen MR) is 66.4 cm³/mol. The predicted octanol–water partition coefficient (Wildman–Crippen LogP) is 0.865. The monoisotopic (exact) mass is 244 g/mol. The van der Waals surface area contributed by atoms with Crippen LogP contribution in [0.4, 0.5) is 0 Å². The smallest absolute Gasteiger partial charge is 0.246 e. The molecule has 0 aromatic carbocycles. The van der Waals surface area contributed by atoms with Crippen molar-refractivity contribution >= 4 is 23.6 Å². The molecule has 2 amide bonds. The third-order valence-corrected chi connectivity index (χ3v) is 3.43. The van der Waals surface area contributed by atoms with Crippen LogP contribution in [0, 0.1) is 0 Å². The Labute approximate surface area is 101 Å². The normalized spacial score (nSPS) is 22.9. The van der Waals surface area contributed by atoms with Gasteiger partial charge in [0.15, 0.2) is 0 Å². The van der Waals surface area contributed by atoms with Gasteiger partial charge in [-0.3, -0.25) is 14.5 Å². The van der Waals surface area contributed by atoms with Gasteiger partial charge >= 0.3 is 0 Å². The number of nitrogens with zero attached hydrogens (tertiary/aromatic N) is 1. The third kappa shape index (κ3) is 3.22. The molecule has 0 aliphatic carbocycles. The first-order chi connectivity index (χ1) is 7.60. The van der Waals surface area contributed by atoms with Crippen LogP contribution in [-0.2, 0) is 9.59 Å². The number of imide groups is 1. The van der Waals surface area contributed by atoms with Crippen molar-refractivity contribution in [3.05, 3.63) is 0 Å². The summed E-state index contributed by atoms with van der Waals surface area (Å²) in [6, 6.07) is -0.0421. The summed E-state index contributed by atoms with van der Waals surface area (Å²) in [7, 11) is 0. The lowest BCUT2D eigenvalue weighted by Gasteiger charge is -2.18. The maximum absolute atomic E-state index is 11.9. The highest BCUT2D eigenvalue weighted by atomic mass is 32.2. The lowest BCUT2D eigenvalue weighted by Crippen LogP contribution is -2.43. The van der Waals surface area contributed by atoms with E-state index in [1.165, 1.54) is 4.90 Å². The molecule has 1 saturated heterocycles. The molecular weight excluding hydrogens is 224 g/mol. The van der Waals surface area contributed by atoms with Gasteiger partial charge in [0.05, 0.1) is 12.5 Å². The first-order valence-electron chi connectivity index (χ1n) is 5.69.